The number of aliphatic hydroxyl groups excluding tert-OH is 1. The predicted octanol–water partition coefficient (Wildman–Crippen LogP) is 3.13. The van der Waals surface area contributed by atoms with Gasteiger partial charge in [-0.15, -0.1) is 0 Å². The molecule has 0 unspecified atom stereocenters. The van der Waals surface area contributed by atoms with Crippen molar-refractivity contribution in [1.29, 1.82) is 0 Å². The molecule has 1 atom stereocenters. The number of rotatable bonds is 9. The topological polar surface area (TPSA) is 125 Å². The summed E-state index contributed by atoms with van der Waals surface area (Å²) < 4.78 is 5.69. The largest absolute Gasteiger partial charge is 0.480 e. The number of fused-ring (bicyclic) bond motifs is 3. The lowest BCUT2D eigenvalue weighted by Crippen LogP contribution is -2.54. The van der Waals surface area contributed by atoms with Gasteiger partial charge in [-0.25, -0.2) is 9.59 Å². The Kier molecular flexibility index (Phi) is 7.97. The third-order valence-corrected chi connectivity index (χ3v) is 7.70. The van der Waals surface area contributed by atoms with Gasteiger partial charge in [0.1, 0.15) is 12.6 Å². The Morgan fingerprint density at radius 2 is 1.63 bits per heavy atom. The summed E-state index contributed by atoms with van der Waals surface area (Å²) in [4.78, 5) is 36.9. The molecule has 4 N–H and O–H groups in total. The highest BCUT2D eigenvalue weighted by atomic mass is 32.2. The molecule has 1 aliphatic carbocycles. The van der Waals surface area contributed by atoms with E-state index in [1.54, 1.807) is 11.8 Å². The van der Waals surface area contributed by atoms with Gasteiger partial charge in [0, 0.05) is 25.4 Å². The van der Waals surface area contributed by atoms with Crippen LogP contribution in [0.25, 0.3) is 11.1 Å². The summed E-state index contributed by atoms with van der Waals surface area (Å²) in [5.41, 5.74) is 3.72. The van der Waals surface area contributed by atoms with Crippen LogP contribution in [-0.4, -0.2) is 64.5 Å². The molecule has 0 saturated carbocycles. The molecule has 1 aliphatic heterocycles. The van der Waals surface area contributed by atoms with Crippen LogP contribution in [0.15, 0.2) is 48.5 Å². The summed E-state index contributed by atoms with van der Waals surface area (Å²) in [7, 11) is 0. The second-order valence-corrected chi connectivity index (χ2v) is 10.2. The van der Waals surface area contributed by atoms with Crippen molar-refractivity contribution in [2.45, 2.75) is 43.2 Å². The lowest BCUT2D eigenvalue weighted by atomic mass is 9.88. The lowest BCUT2D eigenvalue weighted by molar-refractivity contribution is -0.142. The maximum Gasteiger partial charge on any atom is 0.407 e. The number of carbonyl (C=O) groups is 3. The molecule has 0 radical (unpaired) electrons. The molecule has 1 heterocycles. The molecule has 9 heteroatoms. The number of ether oxygens (including phenoxy) is 1. The van der Waals surface area contributed by atoms with Crippen LogP contribution in [0.5, 0.6) is 0 Å². The molecule has 0 bridgehead atoms. The summed E-state index contributed by atoms with van der Waals surface area (Å²) in [6.45, 7) is -0.175. The molecule has 0 aromatic heterocycles. The average molecular weight is 499 g/mol. The molecule has 2 aromatic rings. The van der Waals surface area contributed by atoms with Crippen molar-refractivity contribution in [1.82, 2.24) is 10.6 Å². The van der Waals surface area contributed by atoms with Gasteiger partial charge < -0.3 is 25.6 Å². The van der Waals surface area contributed by atoms with Crippen LogP contribution >= 0.6 is 11.8 Å². The minimum atomic E-state index is -1.20. The first-order chi connectivity index (χ1) is 16.9. The third kappa shape index (κ3) is 5.79. The van der Waals surface area contributed by atoms with Crippen LogP contribution in [-0.2, 0) is 14.3 Å². The quantitative estimate of drug-likeness (QED) is 0.419. The fourth-order valence-electron chi connectivity index (χ4n) is 4.90. The first-order valence-corrected chi connectivity index (χ1v) is 12.9. The van der Waals surface area contributed by atoms with Gasteiger partial charge in [-0.1, -0.05) is 48.5 Å². The number of aliphatic carboxylic acids is 1. The Hall–Kier alpha value is -3.04. The average Bonchev–Trinajstić information content (AvgIpc) is 3.16. The molecular formula is C26H30N2O6S. The number of carboxylic acids is 1. The van der Waals surface area contributed by atoms with Crippen LogP contribution in [0.2, 0.25) is 0 Å². The van der Waals surface area contributed by atoms with Crippen LogP contribution in [0.3, 0.4) is 0 Å². The van der Waals surface area contributed by atoms with Gasteiger partial charge in [0.2, 0.25) is 5.91 Å². The van der Waals surface area contributed by atoms with E-state index in [0.29, 0.717) is 12.8 Å². The number of benzene rings is 2. The molecule has 2 aliphatic rings. The maximum atomic E-state index is 12.9. The van der Waals surface area contributed by atoms with Gasteiger partial charge in [0.05, 0.1) is 5.54 Å². The maximum absolute atomic E-state index is 12.9. The number of carboxylic acid groups (broad SMARTS) is 1. The highest BCUT2D eigenvalue weighted by Crippen LogP contribution is 2.44. The van der Waals surface area contributed by atoms with E-state index in [1.807, 2.05) is 24.3 Å². The van der Waals surface area contributed by atoms with E-state index >= 15 is 0 Å². The number of aliphatic hydroxyl groups is 1. The van der Waals surface area contributed by atoms with Gasteiger partial charge >= 0.3 is 12.1 Å². The second-order valence-electron chi connectivity index (χ2n) is 8.99. The highest BCUT2D eigenvalue weighted by Gasteiger charge is 2.38. The van der Waals surface area contributed by atoms with Crippen LogP contribution in [0, 0.1) is 0 Å². The number of amides is 2. The highest BCUT2D eigenvalue weighted by molar-refractivity contribution is 7.99. The summed E-state index contributed by atoms with van der Waals surface area (Å²) in [6, 6.07) is 15.0. The molecule has 0 spiro atoms. The summed E-state index contributed by atoms with van der Waals surface area (Å²) in [6.07, 6.45) is 0.438. The van der Waals surface area contributed by atoms with Crippen molar-refractivity contribution in [2.24, 2.45) is 0 Å². The van der Waals surface area contributed by atoms with Crippen molar-refractivity contribution in [3.8, 4) is 11.1 Å². The minimum Gasteiger partial charge on any atom is -0.480 e. The summed E-state index contributed by atoms with van der Waals surface area (Å²) >= 11 is 1.75. The number of hydrogen-bond acceptors (Lipinski definition) is 6. The fourth-order valence-corrected chi connectivity index (χ4v) is 6.17. The van der Waals surface area contributed by atoms with Crippen LogP contribution in [0.1, 0.15) is 42.7 Å². The Labute approximate surface area is 208 Å². The third-order valence-electron chi connectivity index (χ3n) is 6.71. The van der Waals surface area contributed by atoms with E-state index in [-0.39, 0.29) is 32.0 Å². The Bertz CT molecular complexity index is 1040. The number of carbonyl (C=O) groups excluding carboxylic acids is 2. The van der Waals surface area contributed by atoms with Gasteiger partial charge in [0.15, 0.2) is 0 Å². The zero-order chi connectivity index (χ0) is 24.8. The van der Waals surface area contributed by atoms with Crippen LogP contribution < -0.4 is 10.6 Å². The Morgan fingerprint density at radius 1 is 1.03 bits per heavy atom. The van der Waals surface area contributed by atoms with Crippen molar-refractivity contribution >= 4 is 29.7 Å². The predicted molar refractivity (Wildman–Crippen MR) is 133 cm³/mol. The van der Waals surface area contributed by atoms with Gasteiger partial charge in [-0.3, -0.25) is 4.79 Å². The number of thioether (sulfide) groups is 1. The molecule has 35 heavy (non-hydrogen) atoms. The Balaban J connectivity index is 1.41. The zero-order valence-corrected chi connectivity index (χ0v) is 20.2. The normalized spacial score (nSPS) is 17.1. The Morgan fingerprint density at radius 3 is 2.20 bits per heavy atom. The van der Waals surface area contributed by atoms with E-state index in [2.05, 4.69) is 34.9 Å². The monoisotopic (exact) mass is 498 g/mol. The molecule has 186 valence electrons. The van der Waals surface area contributed by atoms with Crippen molar-refractivity contribution in [2.75, 3.05) is 24.7 Å². The van der Waals surface area contributed by atoms with Gasteiger partial charge in [-0.05, 0) is 46.6 Å². The molecule has 1 fully saturated rings. The SMILES string of the molecule is O=C(CC1(NC(=O)OCC2c3ccccc3-c3ccccc32)CCSCC1)N[C@@H](CCO)C(=O)O. The first-order valence-electron chi connectivity index (χ1n) is 11.8. The van der Waals surface area contributed by atoms with Crippen molar-refractivity contribution < 1.29 is 29.3 Å². The molecule has 4 rings (SSSR count). The van der Waals surface area contributed by atoms with E-state index in [0.717, 1.165) is 33.8 Å². The summed E-state index contributed by atoms with van der Waals surface area (Å²) in [5, 5.41) is 23.7. The van der Waals surface area contributed by atoms with Gasteiger partial charge in [-0.2, -0.15) is 11.8 Å². The molecule has 2 amide bonds. The van der Waals surface area contributed by atoms with Gasteiger partial charge in [0.25, 0.3) is 0 Å². The van der Waals surface area contributed by atoms with Crippen LogP contribution in [0.4, 0.5) is 4.79 Å². The lowest BCUT2D eigenvalue weighted by Gasteiger charge is -2.37. The smallest absolute Gasteiger partial charge is 0.407 e. The number of hydrogen-bond donors (Lipinski definition) is 4. The standard InChI is InChI=1S/C26H30N2O6S/c29-12-9-22(24(31)32)27-23(30)15-26(10-13-35-14-11-26)28-25(33)34-16-21-19-7-3-1-5-17(19)18-6-2-4-8-20(18)21/h1-8,21-22,29H,9-16H2,(H,27,30)(H,28,33)(H,31,32)/t22-/m0/s1. The molecular weight excluding hydrogens is 468 g/mol. The van der Waals surface area contributed by atoms with Crippen molar-refractivity contribution in [3.63, 3.8) is 0 Å². The molecule has 1 saturated heterocycles. The molecule has 8 nitrogen and oxygen atoms in total. The summed E-state index contributed by atoms with van der Waals surface area (Å²) in [5.74, 6) is -0.197. The van der Waals surface area contributed by atoms with E-state index < -0.39 is 29.6 Å². The van der Waals surface area contributed by atoms with E-state index in [1.165, 1.54) is 0 Å². The van der Waals surface area contributed by atoms with E-state index in [4.69, 9.17) is 9.84 Å². The number of alkyl carbamates (subject to hydrolysis) is 1. The molecule has 2 aromatic carbocycles. The minimum absolute atomic E-state index is 0.0486. The second kappa shape index (κ2) is 11.1. The number of nitrogens with one attached hydrogen (secondary N) is 2. The first kappa shape index (κ1) is 25.1. The zero-order valence-electron chi connectivity index (χ0n) is 19.4. The van der Waals surface area contributed by atoms with Crippen molar-refractivity contribution in [3.05, 3.63) is 59.7 Å². The fraction of sp³-hybridized carbons (Fsp3) is 0.423. The van der Waals surface area contributed by atoms with E-state index in [9.17, 15) is 19.5 Å².